The summed E-state index contributed by atoms with van der Waals surface area (Å²) in [6, 6.07) is 11.7. The SMILES string of the molecule is O=C(NCCc1ccccc1Br)NCC1CCN(c2ccc(F)c(F)c2)C1. The van der Waals surface area contributed by atoms with E-state index in [1.165, 1.54) is 6.07 Å². The average molecular weight is 438 g/mol. The van der Waals surface area contributed by atoms with Crippen LogP contribution in [0.4, 0.5) is 19.3 Å². The van der Waals surface area contributed by atoms with Gasteiger partial charge in [-0.2, -0.15) is 0 Å². The van der Waals surface area contributed by atoms with Gasteiger partial charge < -0.3 is 15.5 Å². The van der Waals surface area contributed by atoms with Crippen molar-refractivity contribution in [2.24, 2.45) is 5.92 Å². The predicted molar refractivity (Wildman–Crippen MR) is 106 cm³/mol. The number of hydrogen-bond acceptors (Lipinski definition) is 2. The minimum Gasteiger partial charge on any atom is -0.371 e. The van der Waals surface area contributed by atoms with Gasteiger partial charge in [-0.05, 0) is 42.5 Å². The number of amides is 2. The Labute approximate surface area is 166 Å². The van der Waals surface area contributed by atoms with Gasteiger partial charge in [0.25, 0.3) is 0 Å². The molecule has 0 radical (unpaired) electrons. The minimum absolute atomic E-state index is 0.187. The molecule has 144 valence electrons. The molecule has 27 heavy (non-hydrogen) atoms. The van der Waals surface area contributed by atoms with E-state index < -0.39 is 11.6 Å². The molecule has 0 aliphatic carbocycles. The maximum atomic E-state index is 13.4. The summed E-state index contributed by atoms with van der Waals surface area (Å²) >= 11 is 3.49. The highest BCUT2D eigenvalue weighted by Crippen LogP contribution is 2.25. The van der Waals surface area contributed by atoms with Crippen LogP contribution in [-0.4, -0.2) is 32.2 Å². The largest absolute Gasteiger partial charge is 0.371 e. The van der Waals surface area contributed by atoms with E-state index in [2.05, 4.69) is 26.6 Å². The van der Waals surface area contributed by atoms with Crippen molar-refractivity contribution in [1.29, 1.82) is 0 Å². The third kappa shape index (κ3) is 5.42. The van der Waals surface area contributed by atoms with E-state index in [0.717, 1.165) is 35.5 Å². The lowest BCUT2D eigenvalue weighted by atomic mass is 10.1. The Morgan fingerprint density at radius 3 is 2.74 bits per heavy atom. The topological polar surface area (TPSA) is 44.4 Å². The summed E-state index contributed by atoms with van der Waals surface area (Å²) in [5, 5.41) is 5.76. The molecule has 2 amide bonds. The Kier molecular flexibility index (Phi) is 6.66. The third-order valence-electron chi connectivity index (χ3n) is 4.74. The first kappa shape index (κ1) is 19.6. The zero-order valence-corrected chi connectivity index (χ0v) is 16.4. The minimum atomic E-state index is -0.838. The normalized spacial score (nSPS) is 16.4. The first-order valence-electron chi connectivity index (χ1n) is 8.98. The molecule has 1 fully saturated rings. The van der Waals surface area contributed by atoms with Gasteiger partial charge >= 0.3 is 6.03 Å². The molecule has 1 heterocycles. The Morgan fingerprint density at radius 1 is 1.15 bits per heavy atom. The van der Waals surface area contributed by atoms with E-state index in [9.17, 15) is 13.6 Å². The standard InChI is InChI=1S/C20H22BrF2N3O/c21-17-4-2-1-3-15(17)7-9-24-20(27)25-12-14-8-10-26(13-14)16-5-6-18(22)19(23)11-16/h1-6,11,14H,7-10,12-13H2,(H2,24,25,27). The van der Waals surface area contributed by atoms with E-state index in [1.54, 1.807) is 6.07 Å². The van der Waals surface area contributed by atoms with Crippen LogP contribution >= 0.6 is 15.9 Å². The fourth-order valence-corrected chi connectivity index (χ4v) is 3.71. The smallest absolute Gasteiger partial charge is 0.314 e. The highest BCUT2D eigenvalue weighted by atomic mass is 79.9. The van der Waals surface area contributed by atoms with Crippen LogP contribution in [0, 0.1) is 17.6 Å². The molecule has 2 aromatic rings. The Bertz CT molecular complexity index is 803. The van der Waals surface area contributed by atoms with Gasteiger partial charge in [0.2, 0.25) is 0 Å². The van der Waals surface area contributed by atoms with E-state index in [0.29, 0.717) is 25.3 Å². The summed E-state index contributed by atoms with van der Waals surface area (Å²) in [6.07, 6.45) is 1.65. The van der Waals surface area contributed by atoms with Crippen LogP contribution in [0.15, 0.2) is 46.9 Å². The van der Waals surface area contributed by atoms with Crippen LogP contribution in [0.2, 0.25) is 0 Å². The highest BCUT2D eigenvalue weighted by molar-refractivity contribution is 9.10. The van der Waals surface area contributed by atoms with E-state index in [1.807, 2.05) is 29.2 Å². The van der Waals surface area contributed by atoms with Gasteiger partial charge in [0, 0.05) is 42.4 Å². The first-order chi connectivity index (χ1) is 13.0. The molecule has 7 heteroatoms. The highest BCUT2D eigenvalue weighted by Gasteiger charge is 2.23. The van der Waals surface area contributed by atoms with E-state index >= 15 is 0 Å². The van der Waals surface area contributed by atoms with E-state index in [4.69, 9.17) is 0 Å². The number of hydrogen-bond donors (Lipinski definition) is 2. The molecular formula is C20H22BrF2N3O. The molecule has 1 unspecified atom stereocenters. The van der Waals surface area contributed by atoms with Gasteiger partial charge in [0.05, 0.1) is 0 Å². The summed E-state index contributed by atoms with van der Waals surface area (Å²) in [5.74, 6) is -1.39. The number of carbonyl (C=O) groups is 1. The number of nitrogens with one attached hydrogen (secondary N) is 2. The third-order valence-corrected chi connectivity index (χ3v) is 5.52. The number of benzene rings is 2. The van der Waals surface area contributed by atoms with Crippen molar-refractivity contribution in [3.05, 3.63) is 64.1 Å². The molecule has 1 aliphatic heterocycles. The van der Waals surface area contributed by atoms with Crippen LogP contribution < -0.4 is 15.5 Å². The summed E-state index contributed by atoms with van der Waals surface area (Å²) in [6.45, 7) is 2.59. The Balaban J connectivity index is 1.38. The molecule has 0 spiro atoms. The molecule has 1 saturated heterocycles. The average Bonchev–Trinajstić information content (AvgIpc) is 3.13. The predicted octanol–water partition coefficient (Wildman–Crippen LogP) is 4.10. The van der Waals surface area contributed by atoms with Crippen LogP contribution in [-0.2, 0) is 6.42 Å². The second-order valence-electron chi connectivity index (χ2n) is 6.68. The lowest BCUT2D eigenvalue weighted by Crippen LogP contribution is -2.39. The molecule has 0 aromatic heterocycles. The number of carbonyl (C=O) groups excluding carboxylic acids is 1. The summed E-state index contributed by atoms with van der Waals surface area (Å²) in [4.78, 5) is 14.0. The molecule has 2 aromatic carbocycles. The van der Waals surface area contributed by atoms with Crippen molar-refractivity contribution in [2.45, 2.75) is 12.8 Å². The number of halogens is 3. The van der Waals surface area contributed by atoms with Gasteiger partial charge in [-0.15, -0.1) is 0 Å². The first-order valence-corrected chi connectivity index (χ1v) is 9.77. The van der Waals surface area contributed by atoms with E-state index in [-0.39, 0.29) is 11.9 Å². The Hall–Kier alpha value is -2.15. The van der Waals surface area contributed by atoms with Crippen molar-refractivity contribution in [1.82, 2.24) is 10.6 Å². The van der Waals surface area contributed by atoms with Gasteiger partial charge in [-0.1, -0.05) is 34.1 Å². The maximum absolute atomic E-state index is 13.4. The van der Waals surface area contributed by atoms with Gasteiger partial charge in [-0.25, -0.2) is 13.6 Å². The number of urea groups is 1. The van der Waals surface area contributed by atoms with Crippen molar-refractivity contribution >= 4 is 27.6 Å². The second-order valence-corrected chi connectivity index (χ2v) is 7.53. The molecule has 1 atom stereocenters. The zero-order valence-electron chi connectivity index (χ0n) is 14.9. The molecule has 4 nitrogen and oxygen atoms in total. The lowest BCUT2D eigenvalue weighted by molar-refractivity contribution is 0.239. The van der Waals surface area contributed by atoms with Crippen molar-refractivity contribution < 1.29 is 13.6 Å². The van der Waals surface area contributed by atoms with Crippen LogP contribution in [0.1, 0.15) is 12.0 Å². The summed E-state index contributed by atoms with van der Waals surface area (Å²) < 4.78 is 27.5. The Morgan fingerprint density at radius 2 is 1.96 bits per heavy atom. The molecule has 0 bridgehead atoms. The lowest BCUT2D eigenvalue weighted by Gasteiger charge is -2.19. The summed E-state index contributed by atoms with van der Waals surface area (Å²) in [7, 11) is 0. The van der Waals surface area contributed by atoms with Crippen molar-refractivity contribution in [2.75, 3.05) is 31.1 Å². The molecular weight excluding hydrogens is 416 g/mol. The zero-order chi connectivity index (χ0) is 19.2. The quantitative estimate of drug-likeness (QED) is 0.714. The van der Waals surface area contributed by atoms with Crippen LogP contribution in [0.3, 0.4) is 0 Å². The molecule has 0 saturated carbocycles. The van der Waals surface area contributed by atoms with Gasteiger partial charge in [-0.3, -0.25) is 0 Å². The van der Waals surface area contributed by atoms with Crippen molar-refractivity contribution in [3.8, 4) is 0 Å². The second kappa shape index (κ2) is 9.17. The van der Waals surface area contributed by atoms with Crippen LogP contribution in [0.5, 0.6) is 0 Å². The molecule has 3 rings (SSSR count). The fourth-order valence-electron chi connectivity index (χ4n) is 3.23. The fraction of sp³-hybridized carbons (Fsp3) is 0.350. The number of anilines is 1. The number of nitrogens with zero attached hydrogens (tertiary/aromatic N) is 1. The maximum Gasteiger partial charge on any atom is 0.314 e. The van der Waals surface area contributed by atoms with Crippen LogP contribution in [0.25, 0.3) is 0 Å². The number of rotatable bonds is 6. The van der Waals surface area contributed by atoms with Gasteiger partial charge in [0.15, 0.2) is 11.6 Å². The molecule has 1 aliphatic rings. The molecule has 2 N–H and O–H groups in total. The monoisotopic (exact) mass is 437 g/mol. The van der Waals surface area contributed by atoms with Crippen molar-refractivity contribution in [3.63, 3.8) is 0 Å². The van der Waals surface area contributed by atoms with Gasteiger partial charge in [0.1, 0.15) is 0 Å². The summed E-state index contributed by atoms with van der Waals surface area (Å²) in [5.41, 5.74) is 1.82.